The van der Waals surface area contributed by atoms with Crippen molar-refractivity contribution in [2.45, 2.75) is 6.92 Å². The van der Waals surface area contributed by atoms with Crippen LogP contribution in [0.15, 0.2) is 12.1 Å². The molecule has 0 aliphatic carbocycles. The molecule has 1 aromatic carbocycles. The summed E-state index contributed by atoms with van der Waals surface area (Å²) in [7, 11) is 0. The van der Waals surface area contributed by atoms with E-state index in [0.29, 0.717) is 15.7 Å². The Morgan fingerprint density at radius 3 is 2.44 bits per heavy atom. The van der Waals surface area contributed by atoms with E-state index in [4.69, 9.17) is 39.8 Å². The SMILES string of the molecule is Cc1cc(Cl)c(NC(=N)NC(=N)N)cc1Cl. The van der Waals surface area contributed by atoms with Gasteiger partial charge in [-0.2, -0.15) is 0 Å². The van der Waals surface area contributed by atoms with Crippen molar-refractivity contribution in [1.82, 2.24) is 5.32 Å². The molecule has 0 aliphatic rings. The lowest BCUT2D eigenvalue weighted by Gasteiger charge is -2.11. The summed E-state index contributed by atoms with van der Waals surface area (Å²) in [5.41, 5.74) is 6.40. The highest BCUT2D eigenvalue weighted by Crippen LogP contribution is 2.28. The molecule has 16 heavy (non-hydrogen) atoms. The third-order valence-electron chi connectivity index (χ3n) is 1.77. The molecule has 0 heterocycles. The van der Waals surface area contributed by atoms with Gasteiger partial charge in [0.2, 0.25) is 0 Å². The van der Waals surface area contributed by atoms with Gasteiger partial charge in [-0.25, -0.2) is 0 Å². The lowest BCUT2D eigenvalue weighted by molar-refractivity contribution is 1.20. The van der Waals surface area contributed by atoms with Gasteiger partial charge >= 0.3 is 0 Å². The van der Waals surface area contributed by atoms with Crippen molar-refractivity contribution < 1.29 is 0 Å². The van der Waals surface area contributed by atoms with Crippen molar-refractivity contribution in [2.24, 2.45) is 5.73 Å². The van der Waals surface area contributed by atoms with E-state index in [2.05, 4.69) is 10.6 Å². The summed E-state index contributed by atoms with van der Waals surface area (Å²) in [4.78, 5) is 0. The molecule has 0 radical (unpaired) electrons. The third kappa shape index (κ3) is 3.29. The van der Waals surface area contributed by atoms with Crippen molar-refractivity contribution in [3.8, 4) is 0 Å². The molecular formula is C9H11Cl2N5. The van der Waals surface area contributed by atoms with Crippen LogP contribution in [-0.2, 0) is 0 Å². The maximum Gasteiger partial charge on any atom is 0.199 e. The number of hydrogen-bond donors (Lipinski definition) is 5. The molecule has 0 aromatic heterocycles. The lowest BCUT2D eigenvalue weighted by Crippen LogP contribution is -2.39. The van der Waals surface area contributed by atoms with Gasteiger partial charge in [0, 0.05) is 5.02 Å². The minimum Gasteiger partial charge on any atom is -0.370 e. The maximum atomic E-state index is 7.43. The summed E-state index contributed by atoms with van der Waals surface area (Å²) in [6.07, 6.45) is 0. The number of hydrogen-bond acceptors (Lipinski definition) is 2. The predicted molar refractivity (Wildman–Crippen MR) is 67.6 cm³/mol. The van der Waals surface area contributed by atoms with E-state index in [-0.39, 0.29) is 11.9 Å². The van der Waals surface area contributed by atoms with Crippen LogP contribution in [0.5, 0.6) is 0 Å². The standard InChI is InChI=1S/C9H11Cl2N5/c1-4-2-6(11)7(3-5(4)10)15-9(14)16-8(12)13/h2-3H,1H3,(H6,12,13,14,15,16). The first kappa shape index (κ1) is 12.6. The van der Waals surface area contributed by atoms with E-state index < -0.39 is 0 Å². The van der Waals surface area contributed by atoms with E-state index >= 15 is 0 Å². The molecule has 0 saturated carbocycles. The number of nitrogens with two attached hydrogens (primary N) is 1. The van der Waals surface area contributed by atoms with E-state index in [1.54, 1.807) is 12.1 Å². The van der Waals surface area contributed by atoms with Crippen LogP contribution in [0.3, 0.4) is 0 Å². The van der Waals surface area contributed by atoms with Gasteiger partial charge in [-0.15, -0.1) is 0 Å². The Morgan fingerprint density at radius 2 is 1.88 bits per heavy atom. The average molecular weight is 260 g/mol. The summed E-state index contributed by atoms with van der Waals surface area (Å²) in [5, 5.41) is 20.3. The fourth-order valence-corrected chi connectivity index (χ4v) is 1.47. The number of guanidine groups is 2. The number of aryl methyl sites for hydroxylation is 1. The molecule has 0 spiro atoms. The second-order valence-corrected chi connectivity index (χ2v) is 3.93. The van der Waals surface area contributed by atoms with E-state index in [1.807, 2.05) is 6.92 Å². The van der Waals surface area contributed by atoms with Gasteiger partial charge in [-0.1, -0.05) is 23.2 Å². The summed E-state index contributed by atoms with van der Waals surface area (Å²) >= 11 is 11.9. The Bertz CT molecular complexity index is 444. The van der Waals surface area contributed by atoms with Gasteiger partial charge in [0.05, 0.1) is 10.7 Å². The van der Waals surface area contributed by atoms with Crippen LogP contribution in [0.2, 0.25) is 10.0 Å². The Kier molecular flexibility index (Phi) is 3.98. The molecule has 0 bridgehead atoms. The lowest BCUT2D eigenvalue weighted by atomic mass is 10.2. The van der Waals surface area contributed by atoms with Crippen LogP contribution >= 0.6 is 23.2 Å². The predicted octanol–water partition coefficient (Wildman–Crippen LogP) is 2.13. The molecule has 1 rings (SSSR count). The van der Waals surface area contributed by atoms with Crippen LogP contribution in [0.4, 0.5) is 5.69 Å². The summed E-state index contributed by atoms with van der Waals surface area (Å²) < 4.78 is 0. The Labute approximate surface area is 103 Å². The van der Waals surface area contributed by atoms with Gasteiger partial charge < -0.3 is 11.1 Å². The summed E-state index contributed by atoms with van der Waals surface area (Å²) in [5.74, 6) is -0.471. The van der Waals surface area contributed by atoms with E-state index in [0.717, 1.165) is 5.56 Å². The molecule has 0 amide bonds. The van der Waals surface area contributed by atoms with Crippen molar-refractivity contribution in [3.63, 3.8) is 0 Å². The van der Waals surface area contributed by atoms with Gasteiger partial charge in [-0.3, -0.25) is 16.1 Å². The summed E-state index contributed by atoms with van der Waals surface area (Å²) in [6.45, 7) is 1.83. The Hall–Kier alpha value is -1.46. The molecule has 0 aliphatic heterocycles. The molecule has 5 nitrogen and oxygen atoms in total. The normalized spacial score (nSPS) is 9.69. The van der Waals surface area contributed by atoms with Crippen LogP contribution in [0.25, 0.3) is 0 Å². The molecular weight excluding hydrogens is 249 g/mol. The van der Waals surface area contributed by atoms with Gasteiger partial charge in [0.15, 0.2) is 11.9 Å². The van der Waals surface area contributed by atoms with Crippen molar-refractivity contribution in [2.75, 3.05) is 5.32 Å². The highest BCUT2D eigenvalue weighted by molar-refractivity contribution is 6.36. The van der Waals surface area contributed by atoms with Crippen LogP contribution in [-0.4, -0.2) is 11.9 Å². The summed E-state index contributed by atoms with van der Waals surface area (Å²) in [6, 6.07) is 3.29. The first-order chi connectivity index (χ1) is 7.40. The second kappa shape index (κ2) is 5.05. The number of benzene rings is 1. The van der Waals surface area contributed by atoms with Crippen molar-refractivity contribution in [1.29, 1.82) is 10.8 Å². The Balaban J connectivity index is 2.85. The minimum absolute atomic E-state index is 0.144. The first-order valence-corrected chi connectivity index (χ1v) is 5.08. The van der Waals surface area contributed by atoms with Crippen LogP contribution < -0.4 is 16.4 Å². The van der Waals surface area contributed by atoms with Crippen molar-refractivity contribution >= 4 is 40.8 Å². The fraction of sp³-hybridized carbons (Fsp3) is 0.111. The van der Waals surface area contributed by atoms with Crippen molar-refractivity contribution in [3.05, 3.63) is 27.7 Å². The van der Waals surface area contributed by atoms with Crippen LogP contribution in [0.1, 0.15) is 5.56 Å². The molecule has 0 fully saturated rings. The fourth-order valence-electron chi connectivity index (χ4n) is 1.04. The molecule has 0 atom stereocenters. The smallest absolute Gasteiger partial charge is 0.199 e. The van der Waals surface area contributed by atoms with E-state index in [1.165, 1.54) is 0 Å². The first-order valence-electron chi connectivity index (χ1n) is 4.32. The number of halogens is 2. The highest BCUT2D eigenvalue weighted by atomic mass is 35.5. The maximum absolute atomic E-state index is 7.43. The molecule has 0 unspecified atom stereocenters. The molecule has 1 aromatic rings. The third-order valence-corrected chi connectivity index (χ3v) is 2.49. The number of nitrogens with one attached hydrogen (secondary N) is 4. The number of anilines is 1. The Morgan fingerprint density at radius 1 is 1.25 bits per heavy atom. The molecule has 86 valence electrons. The largest absolute Gasteiger partial charge is 0.370 e. The quantitative estimate of drug-likeness (QED) is 0.395. The monoisotopic (exact) mass is 259 g/mol. The zero-order chi connectivity index (χ0) is 12.3. The van der Waals surface area contributed by atoms with Gasteiger partial charge in [-0.05, 0) is 24.6 Å². The topological polar surface area (TPSA) is 97.8 Å². The van der Waals surface area contributed by atoms with E-state index in [9.17, 15) is 0 Å². The number of rotatable bonds is 1. The van der Waals surface area contributed by atoms with Gasteiger partial charge in [0.25, 0.3) is 0 Å². The highest BCUT2D eigenvalue weighted by Gasteiger charge is 2.06. The zero-order valence-corrected chi connectivity index (χ0v) is 10.00. The van der Waals surface area contributed by atoms with Gasteiger partial charge in [0.1, 0.15) is 0 Å². The molecule has 0 saturated heterocycles. The minimum atomic E-state index is -0.327. The zero-order valence-electron chi connectivity index (χ0n) is 8.49. The molecule has 7 heteroatoms. The average Bonchev–Trinajstić information content (AvgIpc) is 2.12. The molecule has 6 N–H and O–H groups in total. The van der Waals surface area contributed by atoms with Crippen LogP contribution in [0, 0.1) is 17.7 Å². The second-order valence-electron chi connectivity index (χ2n) is 3.12.